The molecule has 0 fully saturated rings. The number of rotatable bonds is 7. The SMILES string of the molecule is O=C(COc1ccccc1)NCCNC(=O)c1ccccc1Cl. The van der Waals surface area contributed by atoms with Crippen molar-refractivity contribution >= 4 is 23.4 Å². The molecule has 0 saturated heterocycles. The Morgan fingerprint density at radius 1 is 0.913 bits per heavy atom. The number of halogens is 1. The molecule has 0 aliphatic rings. The Morgan fingerprint density at radius 2 is 1.57 bits per heavy atom. The summed E-state index contributed by atoms with van der Waals surface area (Å²) in [4.78, 5) is 23.5. The van der Waals surface area contributed by atoms with Gasteiger partial charge in [0.05, 0.1) is 10.6 Å². The van der Waals surface area contributed by atoms with Gasteiger partial charge in [0, 0.05) is 13.1 Å². The molecule has 2 rings (SSSR count). The summed E-state index contributed by atoms with van der Waals surface area (Å²) in [6, 6.07) is 15.9. The predicted molar refractivity (Wildman–Crippen MR) is 88.7 cm³/mol. The molecule has 5 nitrogen and oxygen atoms in total. The molecule has 2 amide bonds. The zero-order valence-electron chi connectivity index (χ0n) is 12.4. The number of amides is 2. The first kappa shape index (κ1) is 16.8. The summed E-state index contributed by atoms with van der Waals surface area (Å²) in [7, 11) is 0. The van der Waals surface area contributed by atoms with Gasteiger partial charge in [-0.1, -0.05) is 41.9 Å². The Morgan fingerprint density at radius 3 is 2.30 bits per heavy atom. The second-order valence-electron chi connectivity index (χ2n) is 4.69. The molecule has 23 heavy (non-hydrogen) atoms. The van der Waals surface area contributed by atoms with E-state index in [0.29, 0.717) is 29.4 Å². The van der Waals surface area contributed by atoms with Gasteiger partial charge >= 0.3 is 0 Å². The Bertz CT molecular complexity index is 662. The van der Waals surface area contributed by atoms with Crippen molar-refractivity contribution in [1.29, 1.82) is 0 Å². The van der Waals surface area contributed by atoms with E-state index in [9.17, 15) is 9.59 Å². The smallest absolute Gasteiger partial charge is 0.258 e. The molecule has 0 aromatic heterocycles. The Hall–Kier alpha value is -2.53. The van der Waals surface area contributed by atoms with Crippen molar-refractivity contribution in [2.45, 2.75) is 0 Å². The third-order valence-corrected chi connectivity index (χ3v) is 3.29. The third-order valence-electron chi connectivity index (χ3n) is 2.96. The van der Waals surface area contributed by atoms with Gasteiger partial charge < -0.3 is 15.4 Å². The van der Waals surface area contributed by atoms with Crippen LogP contribution in [0, 0.1) is 0 Å². The zero-order valence-corrected chi connectivity index (χ0v) is 13.2. The summed E-state index contributed by atoms with van der Waals surface area (Å²) in [6.45, 7) is 0.552. The number of carbonyl (C=O) groups excluding carboxylic acids is 2. The molecule has 0 heterocycles. The van der Waals surface area contributed by atoms with E-state index in [1.807, 2.05) is 18.2 Å². The number of hydrogen-bond acceptors (Lipinski definition) is 3. The molecule has 0 atom stereocenters. The molecule has 2 aromatic carbocycles. The first-order valence-electron chi connectivity index (χ1n) is 7.14. The number of benzene rings is 2. The minimum Gasteiger partial charge on any atom is -0.484 e. The van der Waals surface area contributed by atoms with Crippen LogP contribution in [0.1, 0.15) is 10.4 Å². The highest BCUT2D eigenvalue weighted by Gasteiger charge is 2.08. The quantitative estimate of drug-likeness (QED) is 0.764. The standard InChI is InChI=1S/C17H17ClN2O3/c18-15-9-5-4-8-14(15)17(22)20-11-10-19-16(21)12-23-13-6-2-1-3-7-13/h1-9H,10-12H2,(H,19,21)(H,20,22). The van der Waals surface area contributed by atoms with E-state index in [1.165, 1.54) is 0 Å². The highest BCUT2D eigenvalue weighted by atomic mass is 35.5. The van der Waals surface area contributed by atoms with Gasteiger partial charge in [-0.2, -0.15) is 0 Å². The van der Waals surface area contributed by atoms with Crippen molar-refractivity contribution in [2.75, 3.05) is 19.7 Å². The highest BCUT2D eigenvalue weighted by Crippen LogP contribution is 2.14. The van der Waals surface area contributed by atoms with Crippen LogP contribution in [0.3, 0.4) is 0 Å². The fourth-order valence-electron chi connectivity index (χ4n) is 1.84. The van der Waals surface area contributed by atoms with E-state index in [4.69, 9.17) is 16.3 Å². The Balaban J connectivity index is 1.64. The van der Waals surface area contributed by atoms with Gasteiger partial charge in [0.25, 0.3) is 11.8 Å². The van der Waals surface area contributed by atoms with Gasteiger partial charge in [-0.05, 0) is 24.3 Å². The molecule has 0 aliphatic carbocycles. The second-order valence-corrected chi connectivity index (χ2v) is 5.09. The average Bonchev–Trinajstić information content (AvgIpc) is 2.58. The number of para-hydroxylation sites is 1. The normalized spacial score (nSPS) is 9.96. The molecular formula is C17H17ClN2O3. The van der Waals surface area contributed by atoms with E-state index in [2.05, 4.69) is 10.6 Å². The van der Waals surface area contributed by atoms with E-state index < -0.39 is 0 Å². The van der Waals surface area contributed by atoms with E-state index in [0.717, 1.165) is 0 Å². The van der Waals surface area contributed by atoms with Gasteiger partial charge in [-0.25, -0.2) is 0 Å². The minimum absolute atomic E-state index is 0.0670. The van der Waals surface area contributed by atoms with Gasteiger partial charge in [0.1, 0.15) is 5.75 Å². The van der Waals surface area contributed by atoms with Crippen LogP contribution in [-0.4, -0.2) is 31.5 Å². The number of hydrogen-bond donors (Lipinski definition) is 2. The molecule has 0 unspecified atom stereocenters. The van der Waals surface area contributed by atoms with Gasteiger partial charge in [-0.15, -0.1) is 0 Å². The Labute approximate surface area is 139 Å². The third kappa shape index (κ3) is 5.64. The van der Waals surface area contributed by atoms with E-state index in [1.54, 1.807) is 36.4 Å². The minimum atomic E-state index is -0.273. The van der Waals surface area contributed by atoms with E-state index in [-0.39, 0.29) is 18.4 Å². The first-order chi connectivity index (χ1) is 11.2. The lowest BCUT2D eigenvalue weighted by molar-refractivity contribution is -0.123. The monoisotopic (exact) mass is 332 g/mol. The summed E-state index contributed by atoms with van der Waals surface area (Å²) in [5, 5.41) is 5.75. The van der Waals surface area contributed by atoms with Crippen LogP contribution in [-0.2, 0) is 4.79 Å². The van der Waals surface area contributed by atoms with Crippen LogP contribution in [0.5, 0.6) is 5.75 Å². The molecule has 0 aliphatic heterocycles. The maximum Gasteiger partial charge on any atom is 0.258 e. The van der Waals surface area contributed by atoms with Crippen molar-refractivity contribution in [3.8, 4) is 5.75 Å². The number of nitrogens with one attached hydrogen (secondary N) is 2. The summed E-state index contributed by atoms with van der Waals surface area (Å²) >= 11 is 5.93. The summed E-state index contributed by atoms with van der Waals surface area (Å²) in [5.74, 6) is 0.112. The van der Waals surface area contributed by atoms with Gasteiger partial charge in [-0.3, -0.25) is 9.59 Å². The summed E-state index contributed by atoms with van der Waals surface area (Å²) in [5.41, 5.74) is 0.410. The van der Waals surface area contributed by atoms with Crippen molar-refractivity contribution < 1.29 is 14.3 Å². The van der Waals surface area contributed by atoms with Crippen LogP contribution in [0.25, 0.3) is 0 Å². The molecular weight excluding hydrogens is 316 g/mol. The molecule has 0 saturated carbocycles. The van der Waals surface area contributed by atoms with Crippen molar-refractivity contribution in [3.05, 3.63) is 65.2 Å². The molecule has 120 valence electrons. The zero-order chi connectivity index (χ0) is 16.5. The van der Waals surface area contributed by atoms with Crippen LogP contribution in [0.2, 0.25) is 5.02 Å². The summed E-state index contributed by atoms with van der Waals surface area (Å²) in [6.07, 6.45) is 0. The van der Waals surface area contributed by atoms with Crippen molar-refractivity contribution in [3.63, 3.8) is 0 Å². The first-order valence-corrected chi connectivity index (χ1v) is 7.52. The molecule has 2 N–H and O–H groups in total. The lowest BCUT2D eigenvalue weighted by atomic mass is 10.2. The largest absolute Gasteiger partial charge is 0.484 e. The molecule has 0 bridgehead atoms. The Kier molecular flexibility index (Phi) is 6.44. The molecule has 0 radical (unpaired) electrons. The van der Waals surface area contributed by atoms with Crippen molar-refractivity contribution in [1.82, 2.24) is 10.6 Å². The topological polar surface area (TPSA) is 67.4 Å². The van der Waals surface area contributed by atoms with Crippen LogP contribution in [0.15, 0.2) is 54.6 Å². The van der Waals surface area contributed by atoms with Crippen LogP contribution >= 0.6 is 11.6 Å². The number of carbonyl (C=O) groups is 2. The lowest BCUT2D eigenvalue weighted by Gasteiger charge is -2.09. The van der Waals surface area contributed by atoms with Gasteiger partial charge in [0.2, 0.25) is 0 Å². The molecule has 2 aromatic rings. The molecule has 0 spiro atoms. The second kappa shape index (κ2) is 8.80. The molecule has 6 heteroatoms. The van der Waals surface area contributed by atoms with Crippen LogP contribution < -0.4 is 15.4 Å². The average molecular weight is 333 g/mol. The highest BCUT2D eigenvalue weighted by molar-refractivity contribution is 6.33. The fraction of sp³-hybridized carbons (Fsp3) is 0.176. The van der Waals surface area contributed by atoms with E-state index >= 15 is 0 Å². The lowest BCUT2D eigenvalue weighted by Crippen LogP contribution is -2.36. The summed E-state index contributed by atoms with van der Waals surface area (Å²) < 4.78 is 5.31. The van der Waals surface area contributed by atoms with Crippen molar-refractivity contribution in [2.24, 2.45) is 0 Å². The fourth-order valence-corrected chi connectivity index (χ4v) is 2.06. The maximum atomic E-state index is 11.9. The van der Waals surface area contributed by atoms with Crippen LogP contribution in [0.4, 0.5) is 0 Å². The maximum absolute atomic E-state index is 11.9. The predicted octanol–water partition coefficient (Wildman–Crippen LogP) is 2.26. The number of ether oxygens (including phenoxy) is 1. The van der Waals surface area contributed by atoms with Gasteiger partial charge in [0.15, 0.2) is 6.61 Å².